The first-order valence-corrected chi connectivity index (χ1v) is 10.9. The molecule has 0 fully saturated rings. The highest BCUT2D eigenvalue weighted by atomic mass is 35.5. The lowest BCUT2D eigenvalue weighted by Gasteiger charge is -2.13. The fourth-order valence-corrected chi connectivity index (χ4v) is 4.04. The van der Waals surface area contributed by atoms with Crippen molar-refractivity contribution in [3.05, 3.63) is 87.9 Å². The van der Waals surface area contributed by atoms with Gasteiger partial charge in [0.25, 0.3) is 10.0 Å². The molecular weight excluding hydrogens is 431 g/mol. The van der Waals surface area contributed by atoms with Crippen LogP contribution < -0.4 is 10.0 Å². The van der Waals surface area contributed by atoms with E-state index in [0.717, 1.165) is 11.1 Å². The van der Waals surface area contributed by atoms with Gasteiger partial charge >= 0.3 is 0 Å². The average molecular weight is 449 g/mol. The van der Waals surface area contributed by atoms with Crippen LogP contribution in [-0.2, 0) is 21.2 Å². The Morgan fingerprint density at radius 1 is 0.931 bits per heavy atom. The highest BCUT2D eigenvalue weighted by molar-refractivity contribution is 7.92. The fourth-order valence-electron chi connectivity index (χ4n) is 2.65. The van der Waals surface area contributed by atoms with Crippen LogP contribution in [-0.4, -0.2) is 14.3 Å². The molecule has 150 valence electrons. The second-order valence-corrected chi connectivity index (χ2v) is 9.00. The van der Waals surface area contributed by atoms with Gasteiger partial charge in [-0.05, 0) is 60.5 Å². The summed E-state index contributed by atoms with van der Waals surface area (Å²) in [4.78, 5) is 12.4. The van der Waals surface area contributed by atoms with Crippen molar-refractivity contribution < 1.29 is 13.2 Å². The van der Waals surface area contributed by atoms with Crippen molar-refractivity contribution in [2.75, 3.05) is 10.0 Å². The molecular formula is C21H18Cl2N2O3S. The summed E-state index contributed by atoms with van der Waals surface area (Å²) >= 11 is 11.8. The second kappa shape index (κ2) is 8.86. The molecule has 0 aromatic heterocycles. The van der Waals surface area contributed by atoms with Gasteiger partial charge in [-0.25, -0.2) is 8.42 Å². The highest BCUT2D eigenvalue weighted by Gasteiger charge is 2.17. The summed E-state index contributed by atoms with van der Waals surface area (Å²) in [6.07, 6.45) is 0.147. The van der Waals surface area contributed by atoms with Crippen LogP contribution in [0.5, 0.6) is 0 Å². The lowest BCUT2D eigenvalue weighted by Crippen LogP contribution is -2.17. The van der Waals surface area contributed by atoms with Crippen molar-refractivity contribution in [2.24, 2.45) is 0 Å². The molecule has 0 aliphatic rings. The van der Waals surface area contributed by atoms with E-state index in [-0.39, 0.29) is 17.2 Å². The summed E-state index contributed by atoms with van der Waals surface area (Å²) in [5, 5.41) is 3.79. The Labute approximate surface area is 179 Å². The van der Waals surface area contributed by atoms with Gasteiger partial charge in [-0.1, -0.05) is 47.5 Å². The average Bonchev–Trinajstić information content (AvgIpc) is 2.65. The van der Waals surface area contributed by atoms with Gasteiger partial charge in [-0.15, -0.1) is 0 Å². The zero-order valence-corrected chi connectivity index (χ0v) is 17.8. The third-order valence-electron chi connectivity index (χ3n) is 4.15. The maximum Gasteiger partial charge on any atom is 0.261 e. The number of carbonyl (C=O) groups excluding carboxylic acids is 1. The van der Waals surface area contributed by atoms with Gasteiger partial charge in [-0.3, -0.25) is 9.52 Å². The van der Waals surface area contributed by atoms with Crippen molar-refractivity contribution >= 4 is 50.5 Å². The number of benzene rings is 3. The molecule has 0 aliphatic heterocycles. The van der Waals surface area contributed by atoms with Crippen molar-refractivity contribution in [3.8, 4) is 0 Å². The molecule has 0 aliphatic carbocycles. The molecule has 0 unspecified atom stereocenters. The molecule has 0 bridgehead atoms. The van der Waals surface area contributed by atoms with Gasteiger partial charge in [0.1, 0.15) is 0 Å². The third-order valence-corrected chi connectivity index (χ3v) is 6.01. The standard InChI is InChI=1S/C21H18Cl2N2O3S/c1-14-5-10-19(29(27,28)25-18-4-2-3-17(23)12-18)13-20(14)24-21(26)11-15-6-8-16(22)9-7-15/h2-10,12-13,25H,11H2,1H3,(H,24,26). The smallest absolute Gasteiger partial charge is 0.261 e. The molecule has 3 aromatic carbocycles. The van der Waals surface area contributed by atoms with Crippen LogP contribution in [0.15, 0.2) is 71.6 Å². The predicted octanol–water partition coefficient (Wildman–Crippen LogP) is 5.28. The minimum absolute atomic E-state index is 0.0323. The number of hydrogen-bond donors (Lipinski definition) is 2. The SMILES string of the molecule is Cc1ccc(S(=O)(=O)Nc2cccc(Cl)c2)cc1NC(=O)Cc1ccc(Cl)cc1. The van der Waals surface area contributed by atoms with Crippen LogP contribution in [0.1, 0.15) is 11.1 Å². The Kier molecular flexibility index (Phi) is 6.47. The molecule has 0 radical (unpaired) electrons. The number of amides is 1. The minimum atomic E-state index is -3.84. The quantitative estimate of drug-likeness (QED) is 0.538. The maximum atomic E-state index is 12.7. The Bertz CT molecular complexity index is 1150. The van der Waals surface area contributed by atoms with Crippen LogP contribution in [0.2, 0.25) is 10.0 Å². The summed E-state index contributed by atoms with van der Waals surface area (Å²) < 4.78 is 27.9. The Hall–Kier alpha value is -2.54. The number of anilines is 2. The van der Waals surface area contributed by atoms with Crippen molar-refractivity contribution in [1.82, 2.24) is 0 Å². The molecule has 0 saturated heterocycles. The lowest BCUT2D eigenvalue weighted by atomic mass is 10.1. The molecule has 0 saturated carbocycles. The normalized spacial score (nSPS) is 11.1. The number of nitrogens with one attached hydrogen (secondary N) is 2. The topological polar surface area (TPSA) is 75.3 Å². The van der Waals surface area contributed by atoms with E-state index in [9.17, 15) is 13.2 Å². The van der Waals surface area contributed by atoms with Gasteiger partial charge in [0.2, 0.25) is 5.91 Å². The largest absolute Gasteiger partial charge is 0.326 e. The van der Waals surface area contributed by atoms with Crippen molar-refractivity contribution in [3.63, 3.8) is 0 Å². The molecule has 2 N–H and O–H groups in total. The van der Waals surface area contributed by atoms with E-state index in [1.165, 1.54) is 18.2 Å². The van der Waals surface area contributed by atoms with Gasteiger partial charge in [0, 0.05) is 15.7 Å². The number of aryl methyl sites for hydroxylation is 1. The number of halogens is 2. The molecule has 5 nitrogen and oxygen atoms in total. The van der Waals surface area contributed by atoms with Crippen LogP contribution in [0.3, 0.4) is 0 Å². The van der Waals surface area contributed by atoms with E-state index in [0.29, 0.717) is 21.4 Å². The molecule has 3 aromatic rings. The number of carbonyl (C=O) groups is 1. The van der Waals surface area contributed by atoms with Gasteiger partial charge < -0.3 is 5.32 Å². The Morgan fingerprint density at radius 2 is 1.66 bits per heavy atom. The van der Waals surface area contributed by atoms with Gasteiger partial charge in [0.05, 0.1) is 17.0 Å². The molecule has 0 atom stereocenters. The van der Waals surface area contributed by atoms with E-state index in [1.54, 1.807) is 55.5 Å². The lowest BCUT2D eigenvalue weighted by molar-refractivity contribution is -0.115. The first-order valence-electron chi connectivity index (χ1n) is 8.66. The van der Waals surface area contributed by atoms with Crippen molar-refractivity contribution in [2.45, 2.75) is 18.2 Å². The second-order valence-electron chi connectivity index (χ2n) is 6.44. The summed E-state index contributed by atoms with van der Waals surface area (Å²) in [7, 11) is -3.84. The minimum Gasteiger partial charge on any atom is -0.326 e. The molecule has 8 heteroatoms. The molecule has 29 heavy (non-hydrogen) atoms. The van der Waals surface area contributed by atoms with E-state index < -0.39 is 10.0 Å². The first kappa shape index (κ1) is 21.2. The van der Waals surface area contributed by atoms with Crippen LogP contribution in [0.25, 0.3) is 0 Å². The zero-order chi connectivity index (χ0) is 21.0. The van der Waals surface area contributed by atoms with Crippen LogP contribution >= 0.6 is 23.2 Å². The molecule has 0 spiro atoms. The van der Waals surface area contributed by atoms with Crippen LogP contribution in [0.4, 0.5) is 11.4 Å². The van der Waals surface area contributed by atoms with Gasteiger partial charge in [-0.2, -0.15) is 0 Å². The van der Waals surface area contributed by atoms with E-state index in [4.69, 9.17) is 23.2 Å². The predicted molar refractivity (Wildman–Crippen MR) is 117 cm³/mol. The summed E-state index contributed by atoms with van der Waals surface area (Å²) in [6.45, 7) is 1.79. The molecule has 1 amide bonds. The van der Waals surface area contributed by atoms with Crippen molar-refractivity contribution in [1.29, 1.82) is 0 Å². The maximum absolute atomic E-state index is 12.7. The van der Waals surface area contributed by atoms with Gasteiger partial charge in [0.15, 0.2) is 0 Å². The van der Waals surface area contributed by atoms with E-state index in [2.05, 4.69) is 10.0 Å². The Morgan fingerprint density at radius 3 is 2.34 bits per heavy atom. The summed E-state index contributed by atoms with van der Waals surface area (Å²) in [5.74, 6) is -0.257. The number of hydrogen-bond acceptors (Lipinski definition) is 3. The van der Waals surface area contributed by atoms with Crippen LogP contribution in [0, 0.1) is 6.92 Å². The fraction of sp³-hybridized carbons (Fsp3) is 0.0952. The monoisotopic (exact) mass is 448 g/mol. The van der Waals surface area contributed by atoms with E-state index >= 15 is 0 Å². The van der Waals surface area contributed by atoms with E-state index in [1.807, 2.05) is 0 Å². The number of sulfonamides is 1. The molecule has 3 rings (SSSR count). The number of rotatable bonds is 6. The third kappa shape index (κ3) is 5.73. The Balaban J connectivity index is 1.78. The highest BCUT2D eigenvalue weighted by Crippen LogP contribution is 2.24. The summed E-state index contributed by atoms with van der Waals surface area (Å²) in [6, 6.07) is 17.9. The molecule has 0 heterocycles. The summed E-state index contributed by atoms with van der Waals surface area (Å²) in [5.41, 5.74) is 2.33. The zero-order valence-electron chi connectivity index (χ0n) is 15.4. The first-order chi connectivity index (χ1) is 13.7.